The Morgan fingerprint density at radius 3 is 1.95 bits per heavy atom. The first-order chi connectivity index (χ1) is 18.0. The Bertz CT molecular complexity index is 1970. The molecule has 0 atom stereocenters. The van der Waals surface area contributed by atoms with Gasteiger partial charge in [0.1, 0.15) is 48.3 Å². The fraction of sp³-hybridized carbons (Fsp3) is 0. The van der Waals surface area contributed by atoms with Crippen LogP contribution in [0.15, 0.2) is 89.3 Å². The lowest BCUT2D eigenvalue weighted by atomic mass is 9.64. The third-order valence-electron chi connectivity index (χ3n) is 8.24. The lowest BCUT2D eigenvalue weighted by molar-refractivity contribution is 0.482. The fourth-order valence-electron chi connectivity index (χ4n) is 5.99. The first-order valence-corrected chi connectivity index (χ1v) is 12.7. The summed E-state index contributed by atoms with van der Waals surface area (Å²) in [5.41, 5.74) is 11.3. The molecule has 0 bridgehead atoms. The van der Waals surface area contributed by atoms with E-state index in [0.717, 1.165) is 55.1 Å². The highest BCUT2D eigenvalue weighted by atomic mass is 16.3. The van der Waals surface area contributed by atoms with Crippen molar-refractivity contribution in [3.05, 3.63) is 84.9 Å². The fourth-order valence-corrected chi connectivity index (χ4v) is 5.99. The molecule has 172 valence electrons. The first kappa shape index (κ1) is 22.0. The predicted molar refractivity (Wildman–Crippen MR) is 168 cm³/mol. The largest absolute Gasteiger partial charge is 0.508 e. The summed E-state index contributed by atoms with van der Waals surface area (Å²) < 4.78 is 8.66. The Morgan fingerprint density at radius 1 is 0.595 bits per heavy atom. The van der Waals surface area contributed by atoms with Gasteiger partial charge in [0.05, 0.1) is 11.0 Å². The van der Waals surface area contributed by atoms with E-state index in [0.29, 0.717) is 5.75 Å². The van der Waals surface area contributed by atoms with Crippen molar-refractivity contribution < 1.29 is 9.52 Å². The van der Waals surface area contributed by atoms with Gasteiger partial charge in [-0.3, -0.25) is 0 Å². The van der Waals surface area contributed by atoms with Crippen LogP contribution >= 0.6 is 0 Å². The standard InChI is InChI=1S/C30H23B4NO2/c31-26-25(30(36)29(34)28(33)27(26)32)18-8-5-11-23-24(18)19-14-15(12-13-22(19)37-23)35-20-9-3-1-6-16(20)17-7-2-4-10-21(17)35/h1-14,36H,31-34H2. The highest BCUT2D eigenvalue weighted by Gasteiger charge is 2.21. The number of aromatic hydroxyl groups is 1. The zero-order chi connectivity index (χ0) is 25.4. The van der Waals surface area contributed by atoms with Gasteiger partial charge in [-0.25, -0.2) is 0 Å². The number of hydrogen-bond acceptors (Lipinski definition) is 2. The van der Waals surface area contributed by atoms with Crippen LogP contribution in [0.5, 0.6) is 5.75 Å². The molecule has 37 heavy (non-hydrogen) atoms. The Hall–Kier alpha value is -4.24. The van der Waals surface area contributed by atoms with Gasteiger partial charge < -0.3 is 14.1 Å². The van der Waals surface area contributed by atoms with Crippen LogP contribution in [-0.2, 0) is 0 Å². The Morgan fingerprint density at radius 2 is 1.24 bits per heavy atom. The smallest absolute Gasteiger partial charge is 0.143 e. The van der Waals surface area contributed by atoms with Crippen LogP contribution in [0.1, 0.15) is 0 Å². The third kappa shape index (κ3) is 3.00. The molecule has 0 saturated carbocycles. The average Bonchev–Trinajstić information content (AvgIpc) is 3.46. The van der Waals surface area contributed by atoms with Gasteiger partial charge in [-0.15, -0.1) is 5.46 Å². The van der Waals surface area contributed by atoms with E-state index in [9.17, 15) is 5.11 Å². The zero-order valence-electron chi connectivity index (χ0n) is 21.4. The van der Waals surface area contributed by atoms with Gasteiger partial charge in [-0.05, 0) is 42.0 Å². The van der Waals surface area contributed by atoms with Crippen molar-refractivity contribution in [2.75, 3.05) is 0 Å². The van der Waals surface area contributed by atoms with Gasteiger partial charge in [-0.2, -0.15) is 0 Å². The number of benzene rings is 5. The van der Waals surface area contributed by atoms with Crippen molar-refractivity contribution in [3.8, 4) is 22.6 Å². The number of phenolic OH excluding ortho intramolecular Hbond substituents is 1. The summed E-state index contributed by atoms with van der Waals surface area (Å²) in [5, 5.41) is 15.9. The molecular formula is C30H23B4NO2. The number of nitrogens with zero attached hydrogens (tertiary/aromatic N) is 1. The Labute approximate surface area is 218 Å². The molecule has 7 rings (SSSR count). The number of aromatic nitrogens is 1. The minimum atomic E-state index is 0.348. The lowest BCUT2D eigenvalue weighted by Gasteiger charge is -2.19. The van der Waals surface area contributed by atoms with E-state index in [1.54, 1.807) is 0 Å². The molecule has 0 amide bonds. The maximum atomic E-state index is 11.3. The van der Waals surface area contributed by atoms with Crippen molar-refractivity contribution in [1.29, 1.82) is 0 Å². The number of fused-ring (bicyclic) bond motifs is 6. The molecule has 0 saturated heterocycles. The van der Waals surface area contributed by atoms with Crippen LogP contribution in [0.4, 0.5) is 0 Å². The number of furan rings is 1. The summed E-state index contributed by atoms with van der Waals surface area (Å²) in [7, 11) is 8.30. The van der Waals surface area contributed by atoms with Crippen LogP contribution in [0.2, 0.25) is 0 Å². The van der Waals surface area contributed by atoms with Crippen LogP contribution in [0.25, 0.3) is 60.6 Å². The highest BCUT2D eigenvalue weighted by Crippen LogP contribution is 2.40. The van der Waals surface area contributed by atoms with Crippen LogP contribution in [0, 0.1) is 0 Å². The molecule has 0 aliphatic heterocycles. The second-order valence-electron chi connectivity index (χ2n) is 10.1. The van der Waals surface area contributed by atoms with Crippen LogP contribution < -0.4 is 21.9 Å². The van der Waals surface area contributed by atoms with Gasteiger partial charge in [-0.1, -0.05) is 64.9 Å². The van der Waals surface area contributed by atoms with E-state index in [2.05, 4.69) is 101 Å². The molecule has 5 aromatic carbocycles. The summed E-state index contributed by atoms with van der Waals surface area (Å²) >= 11 is 0. The summed E-state index contributed by atoms with van der Waals surface area (Å²) in [6.07, 6.45) is 0. The molecule has 1 N–H and O–H groups in total. The van der Waals surface area contributed by atoms with Crippen LogP contribution in [0.3, 0.4) is 0 Å². The van der Waals surface area contributed by atoms with Gasteiger partial charge in [0.15, 0.2) is 0 Å². The topological polar surface area (TPSA) is 38.3 Å². The maximum absolute atomic E-state index is 11.3. The number of hydrogen-bond donors (Lipinski definition) is 1. The number of phenols is 1. The molecule has 0 unspecified atom stereocenters. The second-order valence-corrected chi connectivity index (χ2v) is 10.1. The Balaban J connectivity index is 1.58. The highest BCUT2D eigenvalue weighted by molar-refractivity contribution is 6.64. The van der Waals surface area contributed by atoms with Gasteiger partial charge in [0.25, 0.3) is 0 Å². The van der Waals surface area contributed by atoms with E-state index in [1.807, 2.05) is 20.0 Å². The number of para-hydroxylation sites is 2. The second kappa shape index (κ2) is 7.88. The normalized spacial score (nSPS) is 11.8. The minimum absolute atomic E-state index is 0.348. The van der Waals surface area contributed by atoms with Crippen molar-refractivity contribution in [1.82, 2.24) is 4.57 Å². The summed E-state index contributed by atoms with van der Waals surface area (Å²) in [6.45, 7) is 0. The van der Waals surface area contributed by atoms with Crippen molar-refractivity contribution in [2.45, 2.75) is 0 Å². The zero-order valence-corrected chi connectivity index (χ0v) is 21.4. The molecule has 0 aliphatic carbocycles. The molecular weight excluding hydrogens is 450 g/mol. The lowest BCUT2D eigenvalue weighted by Crippen LogP contribution is -2.48. The van der Waals surface area contributed by atoms with Crippen molar-refractivity contribution in [2.24, 2.45) is 0 Å². The molecule has 0 spiro atoms. The van der Waals surface area contributed by atoms with E-state index in [1.165, 1.54) is 27.3 Å². The van der Waals surface area contributed by atoms with Gasteiger partial charge >= 0.3 is 0 Å². The molecule has 2 aromatic heterocycles. The summed E-state index contributed by atoms with van der Waals surface area (Å²) in [6, 6.07) is 29.7. The van der Waals surface area contributed by atoms with Crippen LogP contribution in [-0.4, -0.2) is 41.1 Å². The summed E-state index contributed by atoms with van der Waals surface area (Å²) in [4.78, 5) is 0. The predicted octanol–water partition coefficient (Wildman–Crippen LogP) is 1.09. The van der Waals surface area contributed by atoms with Gasteiger partial charge in [0, 0.05) is 32.8 Å². The third-order valence-corrected chi connectivity index (χ3v) is 8.24. The first-order valence-electron chi connectivity index (χ1n) is 12.7. The molecule has 0 radical (unpaired) electrons. The van der Waals surface area contributed by atoms with E-state index < -0.39 is 0 Å². The van der Waals surface area contributed by atoms with E-state index >= 15 is 0 Å². The monoisotopic (exact) mass is 473 g/mol. The molecule has 3 nitrogen and oxygen atoms in total. The van der Waals surface area contributed by atoms with E-state index in [-0.39, 0.29) is 0 Å². The number of rotatable bonds is 2. The summed E-state index contributed by atoms with van der Waals surface area (Å²) in [5.74, 6) is 0.348. The molecule has 7 aromatic rings. The molecule has 7 heteroatoms. The molecule has 0 aliphatic rings. The molecule has 2 heterocycles. The maximum Gasteiger partial charge on any atom is 0.143 e. The average molecular weight is 473 g/mol. The van der Waals surface area contributed by atoms with Crippen molar-refractivity contribution in [3.63, 3.8) is 0 Å². The minimum Gasteiger partial charge on any atom is -0.508 e. The SMILES string of the molecule is Bc1c(B)c(B)c(-c2cccc3oc4ccc(-n5c6ccccc6c6ccccc65)cc4c23)c(O)c1B. The van der Waals surface area contributed by atoms with E-state index in [4.69, 9.17) is 4.42 Å². The molecule has 0 fully saturated rings. The quantitative estimate of drug-likeness (QED) is 0.383. The Kier molecular flexibility index (Phi) is 4.68. The van der Waals surface area contributed by atoms with Gasteiger partial charge in [0.2, 0.25) is 0 Å². The van der Waals surface area contributed by atoms with Crippen molar-refractivity contribution >= 4 is 97.0 Å².